The molecule has 0 N–H and O–H groups in total. The quantitative estimate of drug-likeness (QED) is 0.467. The van der Waals surface area contributed by atoms with Gasteiger partial charge in [0.25, 0.3) is 0 Å². The summed E-state index contributed by atoms with van der Waals surface area (Å²) in [6, 6.07) is 0. The second kappa shape index (κ2) is 3.72. The van der Waals surface area contributed by atoms with Gasteiger partial charge in [0, 0.05) is 14.1 Å². The van der Waals surface area contributed by atoms with Crippen LogP contribution in [0.4, 0.5) is 0 Å². The minimum Gasteiger partial charge on any atom is -0.255 e. The lowest BCUT2D eigenvalue weighted by molar-refractivity contribution is 0.305. The summed E-state index contributed by atoms with van der Waals surface area (Å²) in [5.41, 5.74) is 0. The van der Waals surface area contributed by atoms with Crippen LogP contribution in [0.25, 0.3) is 4.62 Å². The van der Waals surface area contributed by atoms with Crippen molar-refractivity contribution in [2.45, 2.75) is 6.92 Å². The van der Waals surface area contributed by atoms with E-state index in [1.165, 1.54) is 4.67 Å². The fraction of sp³-hybridized carbons (Fsp3) is 0.800. The van der Waals surface area contributed by atoms with Crippen molar-refractivity contribution < 1.29 is 9.09 Å². The van der Waals surface area contributed by atoms with Crippen LogP contribution < -0.4 is 0 Å². The molecule has 0 spiro atoms. The van der Waals surface area contributed by atoms with Gasteiger partial charge in [-0.25, -0.2) is 11.2 Å². The van der Waals surface area contributed by atoms with E-state index in [4.69, 9.17) is 11.1 Å². The van der Waals surface area contributed by atoms with E-state index in [-0.39, 0.29) is 0 Å². The standard InChI is InChI=1S/C5H11N2O2P/c1-5-9-10(8,6-2)7(3)4/h5H2,1,3-4H3. The molecule has 0 aliphatic rings. The SMILES string of the molecule is [C-]#[N+]P(=O)(OCC)N(C)C. The predicted octanol–water partition coefficient (Wildman–Crippen LogP) is 1.61. The van der Waals surface area contributed by atoms with Gasteiger partial charge < -0.3 is 0 Å². The first kappa shape index (κ1) is 9.64. The maximum absolute atomic E-state index is 11.2. The molecule has 1 atom stereocenters. The molecule has 0 aromatic carbocycles. The van der Waals surface area contributed by atoms with Crippen molar-refractivity contribution in [1.29, 1.82) is 0 Å². The Morgan fingerprint density at radius 1 is 1.70 bits per heavy atom. The average molecular weight is 162 g/mol. The van der Waals surface area contributed by atoms with Crippen LogP contribution in [0.2, 0.25) is 0 Å². The fourth-order valence-electron chi connectivity index (χ4n) is 0.402. The summed E-state index contributed by atoms with van der Waals surface area (Å²) in [4.78, 5) is 0. The molecule has 4 nitrogen and oxygen atoms in total. The minimum absolute atomic E-state index is 0.303. The van der Waals surface area contributed by atoms with Crippen LogP contribution in [-0.2, 0) is 9.09 Å². The van der Waals surface area contributed by atoms with Gasteiger partial charge in [-0.15, -0.1) is 0 Å². The van der Waals surface area contributed by atoms with Crippen molar-refractivity contribution in [2.75, 3.05) is 20.7 Å². The van der Waals surface area contributed by atoms with Crippen LogP contribution in [0.1, 0.15) is 6.92 Å². The van der Waals surface area contributed by atoms with Crippen LogP contribution in [0.15, 0.2) is 0 Å². The second-order valence-electron chi connectivity index (χ2n) is 1.86. The molecular weight excluding hydrogens is 151 g/mol. The van der Waals surface area contributed by atoms with Crippen molar-refractivity contribution in [3.8, 4) is 0 Å². The number of hydrogen-bond donors (Lipinski definition) is 0. The van der Waals surface area contributed by atoms with E-state index in [9.17, 15) is 4.57 Å². The van der Waals surface area contributed by atoms with E-state index in [1.54, 1.807) is 21.0 Å². The Morgan fingerprint density at radius 2 is 2.20 bits per heavy atom. The van der Waals surface area contributed by atoms with Crippen LogP contribution in [0.5, 0.6) is 0 Å². The van der Waals surface area contributed by atoms with Crippen molar-refractivity contribution in [1.82, 2.24) is 4.67 Å². The molecule has 1 unspecified atom stereocenters. The highest BCUT2D eigenvalue weighted by atomic mass is 31.2. The molecule has 58 valence electrons. The van der Waals surface area contributed by atoms with Gasteiger partial charge in [-0.1, -0.05) is 0 Å². The molecule has 0 rings (SSSR count). The first-order valence-electron chi connectivity index (χ1n) is 2.88. The predicted molar refractivity (Wildman–Crippen MR) is 39.5 cm³/mol. The monoisotopic (exact) mass is 162 g/mol. The maximum Gasteiger partial charge on any atom is 0.619 e. The summed E-state index contributed by atoms with van der Waals surface area (Å²) in [5.74, 6) is 0. The van der Waals surface area contributed by atoms with Crippen molar-refractivity contribution >= 4 is 7.67 Å². The van der Waals surface area contributed by atoms with Crippen LogP contribution >= 0.6 is 7.67 Å². The second-order valence-corrected chi connectivity index (χ2v) is 4.09. The number of rotatable bonds is 3. The molecule has 0 amide bonds. The first-order chi connectivity index (χ1) is 4.56. The Morgan fingerprint density at radius 3 is 2.30 bits per heavy atom. The highest BCUT2D eigenvalue weighted by Gasteiger charge is 2.33. The van der Waals surface area contributed by atoms with Gasteiger partial charge in [0.2, 0.25) is 0 Å². The lowest BCUT2D eigenvalue weighted by Crippen LogP contribution is -2.07. The summed E-state index contributed by atoms with van der Waals surface area (Å²) < 4.78 is 20.2. The van der Waals surface area contributed by atoms with Crippen molar-refractivity contribution in [3.63, 3.8) is 0 Å². The van der Waals surface area contributed by atoms with E-state index in [2.05, 4.69) is 4.62 Å². The summed E-state index contributed by atoms with van der Waals surface area (Å²) in [6.07, 6.45) is 0. The summed E-state index contributed by atoms with van der Waals surface area (Å²) >= 11 is 0. The largest absolute Gasteiger partial charge is 0.619 e. The third kappa shape index (κ3) is 2.11. The topological polar surface area (TPSA) is 33.9 Å². The molecular formula is C5H11N2O2P. The zero-order chi connectivity index (χ0) is 8.20. The molecule has 5 heteroatoms. The normalized spacial score (nSPS) is 16.3. The molecule has 0 bridgehead atoms. The average Bonchev–Trinajstić information content (AvgIpc) is 1.88. The zero-order valence-electron chi connectivity index (χ0n) is 6.37. The number of nitrogens with zero attached hydrogens (tertiary/aromatic N) is 2. The van der Waals surface area contributed by atoms with Gasteiger partial charge in [-0.05, 0) is 6.92 Å². The molecule has 0 aliphatic carbocycles. The van der Waals surface area contributed by atoms with Crippen LogP contribution in [0.3, 0.4) is 0 Å². The van der Waals surface area contributed by atoms with Gasteiger partial charge in [-0.3, -0.25) is 4.52 Å². The van der Waals surface area contributed by atoms with Crippen LogP contribution in [0, 0.1) is 6.57 Å². The zero-order valence-corrected chi connectivity index (χ0v) is 7.26. The van der Waals surface area contributed by atoms with Gasteiger partial charge in [-0.2, -0.15) is 9.24 Å². The van der Waals surface area contributed by atoms with Gasteiger partial charge in [0.05, 0.1) is 6.61 Å². The van der Waals surface area contributed by atoms with E-state index in [0.29, 0.717) is 6.61 Å². The highest BCUT2D eigenvalue weighted by molar-refractivity contribution is 7.58. The fourth-order valence-corrected chi connectivity index (χ4v) is 1.21. The summed E-state index contributed by atoms with van der Waals surface area (Å²) in [6.45, 7) is 8.60. The van der Waals surface area contributed by atoms with Crippen LogP contribution in [-0.4, -0.2) is 25.4 Å². The molecule has 10 heavy (non-hydrogen) atoms. The Hall–Kier alpha value is -0.360. The molecule has 0 aliphatic heterocycles. The molecule has 0 saturated heterocycles. The molecule has 0 fully saturated rings. The molecule has 0 aromatic heterocycles. The summed E-state index contributed by atoms with van der Waals surface area (Å²) in [7, 11) is -0.0193. The molecule has 0 radical (unpaired) electrons. The Balaban J connectivity index is 4.29. The van der Waals surface area contributed by atoms with Gasteiger partial charge in [0.15, 0.2) is 0 Å². The molecule has 0 saturated carbocycles. The highest BCUT2D eigenvalue weighted by Crippen LogP contribution is 2.50. The van der Waals surface area contributed by atoms with Gasteiger partial charge >= 0.3 is 7.67 Å². The van der Waals surface area contributed by atoms with E-state index in [0.717, 1.165) is 0 Å². The van der Waals surface area contributed by atoms with Crippen molar-refractivity contribution in [3.05, 3.63) is 11.2 Å². The minimum atomic E-state index is -3.15. The number of hydrogen-bond acceptors (Lipinski definition) is 2. The lowest BCUT2D eigenvalue weighted by Gasteiger charge is -2.09. The van der Waals surface area contributed by atoms with E-state index >= 15 is 0 Å². The first-order valence-corrected chi connectivity index (χ1v) is 4.41. The Kier molecular flexibility index (Phi) is 3.59. The maximum atomic E-state index is 11.2. The molecule has 0 aromatic rings. The van der Waals surface area contributed by atoms with Gasteiger partial charge in [0.1, 0.15) is 0 Å². The van der Waals surface area contributed by atoms with E-state index < -0.39 is 7.67 Å². The Labute approximate surface area is 61.2 Å². The third-order valence-electron chi connectivity index (χ3n) is 0.929. The smallest absolute Gasteiger partial charge is 0.255 e. The lowest BCUT2D eigenvalue weighted by atomic mass is 10.9. The molecule has 0 heterocycles. The van der Waals surface area contributed by atoms with Crippen molar-refractivity contribution in [2.24, 2.45) is 0 Å². The summed E-state index contributed by atoms with van der Waals surface area (Å²) in [5, 5.41) is 0. The third-order valence-corrected chi connectivity index (χ3v) is 2.79. The van der Waals surface area contributed by atoms with E-state index in [1.807, 2.05) is 0 Å². The Bertz CT molecular complexity index is 185.